The second-order valence-corrected chi connectivity index (χ2v) is 13.4. The average Bonchev–Trinajstić information content (AvgIpc) is 3.57. The highest BCUT2D eigenvalue weighted by atomic mass is 19.4. The number of phenolic OH excluding ortho intramolecular Hbond substituents is 1. The van der Waals surface area contributed by atoms with Gasteiger partial charge >= 0.3 is 12.1 Å². The summed E-state index contributed by atoms with van der Waals surface area (Å²) >= 11 is 0. The number of halogens is 3. The predicted octanol–water partition coefficient (Wildman–Crippen LogP) is 4.72. The van der Waals surface area contributed by atoms with Crippen LogP contribution in [0.15, 0.2) is 36.4 Å². The first-order valence-corrected chi connectivity index (χ1v) is 16.5. The molecule has 0 aromatic heterocycles. The Bertz CT molecular complexity index is 1960. The number of aromatic hydroxyl groups is 1. The number of ether oxygens (including phenoxy) is 4. The van der Waals surface area contributed by atoms with Gasteiger partial charge < -0.3 is 34.5 Å². The molecule has 1 fully saturated rings. The van der Waals surface area contributed by atoms with Crippen LogP contribution in [0.3, 0.4) is 0 Å². The van der Waals surface area contributed by atoms with Gasteiger partial charge in [0.25, 0.3) is 0 Å². The largest absolute Gasteiger partial charge is 0.504 e. The summed E-state index contributed by atoms with van der Waals surface area (Å²) in [5.41, 5.74) is 3.45. The van der Waals surface area contributed by atoms with Crippen LogP contribution >= 0.6 is 0 Å². The summed E-state index contributed by atoms with van der Waals surface area (Å²) in [6.45, 7) is 4.76. The zero-order valence-corrected chi connectivity index (χ0v) is 28.6. The van der Waals surface area contributed by atoms with Crippen LogP contribution in [0.1, 0.15) is 63.5 Å². The Morgan fingerprint density at radius 2 is 1.82 bits per heavy atom. The summed E-state index contributed by atoms with van der Waals surface area (Å²) in [7, 11) is 3.39. The molecule has 0 aliphatic carbocycles. The third-order valence-corrected chi connectivity index (χ3v) is 10.5. The van der Waals surface area contributed by atoms with Crippen molar-refractivity contribution in [3.8, 4) is 28.7 Å². The summed E-state index contributed by atoms with van der Waals surface area (Å²) in [5, 5.41) is 26.7. The van der Waals surface area contributed by atoms with E-state index in [1.165, 1.54) is 32.2 Å². The van der Waals surface area contributed by atoms with Gasteiger partial charge in [-0.25, -0.2) is 0 Å². The predicted molar refractivity (Wildman–Crippen MR) is 178 cm³/mol. The summed E-state index contributed by atoms with van der Waals surface area (Å²) in [4.78, 5) is 29.7. The van der Waals surface area contributed by atoms with Crippen LogP contribution in [0.25, 0.3) is 6.08 Å². The van der Waals surface area contributed by atoms with Crippen molar-refractivity contribution < 1.29 is 51.9 Å². The third-order valence-electron chi connectivity index (χ3n) is 10.5. The molecular formula is C37H38F3N3O8. The van der Waals surface area contributed by atoms with Gasteiger partial charge in [-0.1, -0.05) is 18.2 Å². The fourth-order valence-corrected chi connectivity index (χ4v) is 8.37. The number of aliphatic hydroxyl groups is 1. The second-order valence-electron chi connectivity index (χ2n) is 13.4. The highest BCUT2D eigenvalue weighted by molar-refractivity contribution is 5.91. The molecule has 7 rings (SSSR count). The Labute approximate surface area is 292 Å². The molecule has 1 unspecified atom stereocenters. The van der Waals surface area contributed by atoms with E-state index in [0.29, 0.717) is 51.7 Å². The number of piperazine rings is 1. The van der Waals surface area contributed by atoms with E-state index < -0.39 is 54.0 Å². The van der Waals surface area contributed by atoms with Crippen LogP contribution in [-0.2, 0) is 28.6 Å². The molecule has 14 heteroatoms. The molecule has 3 aromatic rings. The van der Waals surface area contributed by atoms with E-state index in [0.717, 1.165) is 29.3 Å². The summed E-state index contributed by atoms with van der Waals surface area (Å²) < 4.78 is 63.1. The Morgan fingerprint density at radius 1 is 1.08 bits per heavy atom. The molecule has 2 bridgehead atoms. The van der Waals surface area contributed by atoms with Gasteiger partial charge in [0.1, 0.15) is 12.0 Å². The standard InChI is InChI=1S/C37H38F3N3O8/c1-17-11-21-13-25-36(47)43-24(30(42(25)4)28(21)31(46)32(17)48-5)14-23-29(35-34(49-16-50-35)18(2)33(23)51-19(3)44)26(43)15-41-27(45)10-9-20-7-6-8-22(12-20)37(38,39)40/h6-12,24-26,30,36,46-47H,13-16H2,1-5H3,(H,41,45)/t24?,25-,26-,30-,36-/m0/s1. The number of hydrogen-bond donors (Lipinski definition) is 3. The Balaban J connectivity index is 1.33. The Hall–Kier alpha value is -4.79. The van der Waals surface area contributed by atoms with Gasteiger partial charge in [0.15, 0.2) is 23.0 Å². The second kappa shape index (κ2) is 12.8. The molecule has 3 aromatic carbocycles. The van der Waals surface area contributed by atoms with E-state index in [-0.39, 0.29) is 31.1 Å². The van der Waals surface area contributed by atoms with Crippen LogP contribution in [0.2, 0.25) is 0 Å². The summed E-state index contributed by atoms with van der Waals surface area (Å²) in [6.07, 6.45) is -2.46. The third kappa shape index (κ3) is 5.75. The Morgan fingerprint density at radius 3 is 2.53 bits per heavy atom. The quantitative estimate of drug-likeness (QED) is 0.188. The fraction of sp³-hybridized carbons (Fsp3) is 0.405. The lowest BCUT2D eigenvalue weighted by molar-refractivity contribution is -0.172. The molecule has 51 heavy (non-hydrogen) atoms. The molecule has 4 aliphatic rings. The molecular weight excluding hydrogens is 671 g/mol. The molecule has 3 N–H and O–H groups in total. The van der Waals surface area contributed by atoms with Gasteiger partial charge in [-0.2, -0.15) is 13.2 Å². The number of amides is 1. The number of nitrogens with one attached hydrogen (secondary N) is 1. The molecule has 0 saturated carbocycles. The number of aliphatic hydroxyl groups excluding tert-OH is 1. The number of phenols is 1. The number of esters is 1. The maximum Gasteiger partial charge on any atom is 0.416 e. The molecule has 5 atom stereocenters. The number of likely N-dealkylation sites (N-methyl/N-ethyl adjacent to an activating group) is 1. The highest BCUT2D eigenvalue weighted by Crippen LogP contribution is 2.58. The van der Waals surface area contributed by atoms with E-state index >= 15 is 0 Å². The molecule has 1 saturated heterocycles. The van der Waals surface area contributed by atoms with Crippen molar-refractivity contribution in [2.45, 2.75) is 70.2 Å². The van der Waals surface area contributed by atoms with E-state index in [1.54, 1.807) is 6.92 Å². The number of nitrogens with zero attached hydrogens (tertiary/aromatic N) is 2. The molecule has 1 amide bonds. The first-order chi connectivity index (χ1) is 24.2. The van der Waals surface area contributed by atoms with Crippen molar-refractivity contribution >= 4 is 18.0 Å². The van der Waals surface area contributed by atoms with Crippen LogP contribution in [0.5, 0.6) is 28.7 Å². The van der Waals surface area contributed by atoms with Crippen molar-refractivity contribution in [3.05, 3.63) is 80.9 Å². The van der Waals surface area contributed by atoms with Gasteiger partial charge in [0.05, 0.1) is 30.8 Å². The first-order valence-electron chi connectivity index (χ1n) is 16.5. The maximum absolute atomic E-state index is 13.3. The van der Waals surface area contributed by atoms with Crippen molar-refractivity contribution in [3.63, 3.8) is 0 Å². The molecule has 0 spiro atoms. The number of aryl methyl sites for hydroxylation is 1. The molecule has 270 valence electrons. The number of rotatable bonds is 6. The topological polar surface area (TPSA) is 130 Å². The normalized spacial score (nSPS) is 23.7. The number of methoxy groups -OCH3 is 1. The lowest BCUT2D eigenvalue weighted by Gasteiger charge is -2.60. The minimum Gasteiger partial charge on any atom is -0.504 e. The van der Waals surface area contributed by atoms with E-state index in [9.17, 15) is 33.0 Å². The SMILES string of the molecule is COc1c(C)cc2c(c1O)[C@@H]1C3Cc4c(OC(C)=O)c(C)c5c(c4[C@H](CNC(=O)C=Cc4cccc(C(F)(F)F)c4)N3[C@@H](O)[C@H](C2)N1C)OCO5. The monoisotopic (exact) mass is 709 g/mol. The fourth-order valence-electron chi connectivity index (χ4n) is 8.37. The molecule has 0 radical (unpaired) electrons. The number of hydrogen-bond acceptors (Lipinski definition) is 10. The van der Waals surface area contributed by atoms with Gasteiger partial charge in [0.2, 0.25) is 12.7 Å². The minimum absolute atomic E-state index is 0.0107. The number of carbonyl (C=O) groups is 2. The maximum atomic E-state index is 13.3. The van der Waals surface area contributed by atoms with Crippen molar-refractivity contribution in [2.75, 3.05) is 27.5 Å². The van der Waals surface area contributed by atoms with Gasteiger partial charge in [-0.15, -0.1) is 0 Å². The summed E-state index contributed by atoms with van der Waals surface area (Å²) in [5.74, 6) is 0.325. The Kier molecular flexibility index (Phi) is 8.67. The number of benzene rings is 3. The average molecular weight is 710 g/mol. The number of fused-ring (bicyclic) bond motifs is 9. The van der Waals surface area contributed by atoms with Gasteiger partial charge in [0, 0.05) is 47.8 Å². The van der Waals surface area contributed by atoms with Gasteiger partial charge in [-0.05, 0) is 68.6 Å². The summed E-state index contributed by atoms with van der Waals surface area (Å²) in [6, 6.07) is 4.48. The lowest BCUT2D eigenvalue weighted by Crippen LogP contribution is -2.69. The van der Waals surface area contributed by atoms with Gasteiger partial charge in [-0.3, -0.25) is 19.4 Å². The smallest absolute Gasteiger partial charge is 0.416 e. The van der Waals surface area contributed by atoms with E-state index in [2.05, 4.69) is 5.32 Å². The molecule has 4 heterocycles. The van der Waals surface area contributed by atoms with Crippen LogP contribution in [0.4, 0.5) is 13.2 Å². The highest BCUT2D eigenvalue weighted by Gasteiger charge is 2.56. The van der Waals surface area contributed by atoms with Crippen molar-refractivity contribution in [1.29, 1.82) is 0 Å². The van der Waals surface area contributed by atoms with E-state index in [4.69, 9.17) is 18.9 Å². The first kappa shape index (κ1) is 34.6. The molecule has 4 aliphatic heterocycles. The minimum atomic E-state index is -4.53. The number of carbonyl (C=O) groups excluding carboxylic acids is 2. The molecule has 11 nitrogen and oxygen atoms in total. The number of alkyl halides is 3. The lowest BCUT2D eigenvalue weighted by atomic mass is 9.73. The van der Waals surface area contributed by atoms with Crippen LogP contribution in [-0.4, -0.2) is 77.7 Å². The zero-order valence-electron chi connectivity index (χ0n) is 28.6. The van der Waals surface area contributed by atoms with Crippen molar-refractivity contribution in [1.82, 2.24) is 15.1 Å². The zero-order chi connectivity index (χ0) is 36.5. The van der Waals surface area contributed by atoms with Crippen LogP contribution < -0.4 is 24.3 Å². The van der Waals surface area contributed by atoms with Crippen molar-refractivity contribution in [2.24, 2.45) is 0 Å². The van der Waals surface area contributed by atoms with E-state index in [1.807, 2.05) is 29.8 Å². The van der Waals surface area contributed by atoms with Crippen LogP contribution in [0, 0.1) is 13.8 Å².